The summed E-state index contributed by atoms with van der Waals surface area (Å²) in [5.74, 6) is -1.83. The van der Waals surface area contributed by atoms with Crippen molar-refractivity contribution in [2.45, 2.75) is 64.7 Å². The molecular formula is C32H32O3. The highest BCUT2D eigenvalue weighted by Crippen LogP contribution is 2.45. The number of rotatable bonds is 4. The number of hydrogen-bond donors (Lipinski definition) is 1. The van der Waals surface area contributed by atoms with E-state index in [4.69, 9.17) is 0 Å². The van der Waals surface area contributed by atoms with E-state index in [9.17, 15) is 14.7 Å². The first kappa shape index (κ1) is 23.3. The first-order chi connectivity index (χ1) is 16.4. The molecule has 0 aliphatic carbocycles. The van der Waals surface area contributed by atoms with E-state index in [2.05, 4.69) is 77.9 Å². The zero-order chi connectivity index (χ0) is 25.3. The minimum atomic E-state index is -0.971. The molecule has 0 aliphatic heterocycles. The second-order valence-corrected chi connectivity index (χ2v) is 11.9. The monoisotopic (exact) mass is 464 g/mol. The number of carbonyl (C=O) groups excluding carboxylic acids is 1. The van der Waals surface area contributed by atoms with Gasteiger partial charge in [0.25, 0.3) is 0 Å². The van der Waals surface area contributed by atoms with Crippen molar-refractivity contribution in [1.29, 1.82) is 0 Å². The Kier molecular flexibility index (Phi) is 5.17. The zero-order valence-corrected chi connectivity index (χ0v) is 21.3. The van der Waals surface area contributed by atoms with E-state index in [1.807, 2.05) is 18.2 Å². The molecule has 0 aliphatic rings. The van der Waals surface area contributed by atoms with Crippen molar-refractivity contribution in [2.24, 2.45) is 0 Å². The van der Waals surface area contributed by atoms with Crippen molar-refractivity contribution >= 4 is 55.3 Å². The van der Waals surface area contributed by atoms with Gasteiger partial charge in [-0.25, -0.2) is 0 Å². The Balaban J connectivity index is 2.04. The van der Waals surface area contributed by atoms with Crippen molar-refractivity contribution in [2.75, 3.05) is 0 Å². The van der Waals surface area contributed by atoms with Gasteiger partial charge >= 0.3 is 5.97 Å². The number of carboxylic acid groups (broad SMARTS) is 1. The van der Waals surface area contributed by atoms with Gasteiger partial charge in [-0.1, -0.05) is 84.0 Å². The lowest BCUT2D eigenvalue weighted by Crippen LogP contribution is -2.13. The Morgan fingerprint density at radius 2 is 1.31 bits per heavy atom. The van der Waals surface area contributed by atoms with Gasteiger partial charge < -0.3 is 9.90 Å². The van der Waals surface area contributed by atoms with Gasteiger partial charge in [0.2, 0.25) is 0 Å². The molecule has 5 aromatic rings. The summed E-state index contributed by atoms with van der Waals surface area (Å²) in [5, 5.41) is 19.0. The molecule has 0 spiro atoms. The summed E-state index contributed by atoms with van der Waals surface area (Å²) in [4.78, 5) is 23.4. The van der Waals surface area contributed by atoms with Gasteiger partial charge in [0, 0.05) is 6.42 Å². The molecule has 178 valence electrons. The van der Waals surface area contributed by atoms with Crippen molar-refractivity contribution in [3.63, 3.8) is 0 Å². The van der Waals surface area contributed by atoms with Crippen LogP contribution in [0.15, 0.2) is 54.6 Å². The molecule has 1 N–H and O–H groups in total. The van der Waals surface area contributed by atoms with Gasteiger partial charge in [-0.3, -0.25) is 4.79 Å². The minimum absolute atomic E-state index is 0.0169. The van der Waals surface area contributed by atoms with Gasteiger partial charge in [0.1, 0.15) is 6.29 Å². The normalized spacial score (nSPS) is 13.8. The summed E-state index contributed by atoms with van der Waals surface area (Å²) in [5.41, 5.74) is 3.22. The predicted molar refractivity (Wildman–Crippen MR) is 146 cm³/mol. The maximum atomic E-state index is 12.1. The minimum Gasteiger partial charge on any atom is -0.481 e. The van der Waals surface area contributed by atoms with E-state index in [1.54, 1.807) is 0 Å². The lowest BCUT2D eigenvalue weighted by atomic mass is 9.78. The molecule has 0 heterocycles. The van der Waals surface area contributed by atoms with Gasteiger partial charge in [0.05, 0.1) is 5.92 Å². The largest absolute Gasteiger partial charge is 0.481 e. The van der Waals surface area contributed by atoms with Crippen LogP contribution in [-0.2, 0) is 20.4 Å². The fraction of sp³-hybridized carbons (Fsp3) is 0.312. The number of hydrogen-bond acceptors (Lipinski definition) is 2. The molecule has 0 amide bonds. The number of aliphatic carboxylic acids is 1. The number of fused-ring (bicyclic) bond motifs is 2. The van der Waals surface area contributed by atoms with Gasteiger partial charge in [-0.15, -0.1) is 0 Å². The summed E-state index contributed by atoms with van der Waals surface area (Å²) in [6.07, 6.45) is 0.665. The van der Waals surface area contributed by atoms with Crippen LogP contribution in [0, 0.1) is 0 Å². The Morgan fingerprint density at radius 3 is 1.83 bits per heavy atom. The molecule has 35 heavy (non-hydrogen) atoms. The maximum absolute atomic E-state index is 12.1. The molecule has 5 rings (SSSR count). The molecule has 1 atom stereocenters. The molecule has 0 fully saturated rings. The van der Waals surface area contributed by atoms with E-state index in [0.717, 1.165) is 21.5 Å². The Morgan fingerprint density at radius 1 is 0.771 bits per heavy atom. The first-order valence-electron chi connectivity index (χ1n) is 12.3. The zero-order valence-electron chi connectivity index (χ0n) is 21.3. The van der Waals surface area contributed by atoms with Crippen molar-refractivity contribution < 1.29 is 14.7 Å². The van der Waals surface area contributed by atoms with Crippen LogP contribution in [0.5, 0.6) is 0 Å². The molecule has 0 bridgehead atoms. The summed E-state index contributed by atoms with van der Waals surface area (Å²) in [6, 6.07) is 19.4. The van der Waals surface area contributed by atoms with Crippen LogP contribution in [0.2, 0.25) is 0 Å². The Hall–Kier alpha value is -3.46. The van der Waals surface area contributed by atoms with Crippen LogP contribution >= 0.6 is 0 Å². The molecule has 0 saturated heterocycles. The van der Waals surface area contributed by atoms with E-state index >= 15 is 0 Å². The molecule has 0 aromatic heterocycles. The van der Waals surface area contributed by atoms with Gasteiger partial charge in [-0.05, 0) is 82.7 Å². The molecule has 5 aromatic carbocycles. The fourth-order valence-corrected chi connectivity index (χ4v) is 5.45. The highest BCUT2D eigenvalue weighted by Gasteiger charge is 2.25. The van der Waals surface area contributed by atoms with E-state index < -0.39 is 11.9 Å². The Labute approximate surface area is 206 Å². The summed E-state index contributed by atoms with van der Waals surface area (Å²) in [6.45, 7) is 13.4. The number of carboxylic acids is 1. The second kappa shape index (κ2) is 7.78. The van der Waals surface area contributed by atoms with Gasteiger partial charge in [0.15, 0.2) is 0 Å². The topological polar surface area (TPSA) is 54.4 Å². The quantitative estimate of drug-likeness (QED) is 0.166. The SMILES string of the molecule is CC(C)(C)c1cc2cc(C(C)(C)C)cc3c4ccc(C(CC=O)C(=O)O)c5cccc(c(c1)c23)c54. The lowest BCUT2D eigenvalue weighted by Gasteiger charge is -2.26. The van der Waals surface area contributed by atoms with Crippen LogP contribution in [0.25, 0.3) is 43.1 Å². The highest BCUT2D eigenvalue weighted by molar-refractivity contribution is 6.33. The molecule has 3 heteroatoms. The van der Waals surface area contributed by atoms with Gasteiger partial charge in [-0.2, -0.15) is 0 Å². The third-order valence-corrected chi connectivity index (χ3v) is 7.44. The van der Waals surface area contributed by atoms with Crippen LogP contribution in [-0.4, -0.2) is 17.4 Å². The average Bonchev–Trinajstić information content (AvgIpc) is 2.78. The third kappa shape index (κ3) is 3.65. The van der Waals surface area contributed by atoms with E-state index in [0.29, 0.717) is 11.8 Å². The molecule has 3 nitrogen and oxygen atoms in total. The molecule has 0 saturated carbocycles. The van der Waals surface area contributed by atoms with E-state index in [1.165, 1.54) is 32.7 Å². The summed E-state index contributed by atoms with van der Waals surface area (Å²) in [7, 11) is 0. The van der Waals surface area contributed by atoms with Crippen molar-refractivity contribution in [3.8, 4) is 0 Å². The van der Waals surface area contributed by atoms with Crippen molar-refractivity contribution in [1.82, 2.24) is 0 Å². The summed E-state index contributed by atoms with van der Waals surface area (Å²) < 4.78 is 0. The number of aldehydes is 1. The molecule has 1 unspecified atom stereocenters. The van der Waals surface area contributed by atoms with E-state index in [-0.39, 0.29) is 17.3 Å². The van der Waals surface area contributed by atoms with Crippen molar-refractivity contribution in [3.05, 3.63) is 71.3 Å². The first-order valence-corrected chi connectivity index (χ1v) is 12.3. The van der Waals surface area contributed by atoms with Crippen LogP contribution in [0.1, 0.15) is 70.6 Å². The Bertz CT molecular complexity index is 1560. The number of benzene rings is 5. The predicted octanol–water partition coefficient (Wildman–Crippen LogP) is 8.09. The molecule has 0 radical (unpaired) electrons. The smallest absolute Gasteiger partial charge is 0.311 e. The second-order valence-electron chi connectivity index (χ2n) is 11.9. The number of carbonyl (C=O) groups is 2. The highest BCUT2D eigenvalue weighted by atomic mass is 16.4. The maximum Gasteiger partial charge on any atom is 0.311 e. The third-order valence-electron chi connectivity index (χ3n) is 7.44. The summed E-state index contributed by atoms with van der Waals surface area (Å²) >= 11 is 0. The van der Waals surface area contributed by atoms with Crippen LogP contribution in [0.4, 0.5) is 0 Å². The van der Waals surface area contributed by atoms with Crippen LogP contribution in [0.3, 0.4) is 0 Å². The standard InChI is InChI=1S/C32H32O3/c1-31(2,3)19-14-18-15-20(32(4,5)6)17-27-24-11-10-21(25(12-13-33)30(34)35)22-8-7-9-23(29(22)24)26(16-19)28(18)27/h7-11,13-17,25H,12H2,1-6H3,(H,34,35). The lowest BCUT2D eigenvalue weighted by molar-refractivity contribution is -0.139. The van der Waals surface area contributed by atoms with Crippen LogP contribution < -0.4 is 0 Å². The average molecular weight is 465 g/mol. The fourth-order valence-electron chi connectivity index (χ4n) is 5.45. The molecular weight excluding hydrogens is 432 g/mol.